The molecule has 3 heterocycles. The van der Waals surface area contributed by atoms with E-state index in [1.54, 1.807) is 49.6 Å². The van der Waals surface area contributed by atoms with E-state index < -0.39 is 10.0 Å². The number of nitrogens with one attached hydrogen (secondary N) is 2. The van der Waals surface area contributed by atoms with Gasteiger partial charge in [-0.1, -0.05) is 11.3 Å². The van der Waals surface area contributed by atoms with E-state index in [9.17, 15) is 13.2 Å². The van der Waals surface area contributed by atoms with Crippen molar-refractivity contribution in [1.29, 1.82) is 0 Å². The third-order valence-corrected chi connectivity index (χ3v) is 6.99. The van der Waals surface area contributed by atoms with Crippen LogP contribution in [0.25, 0.3) is 5.82 Å². The topological polar surface area (TPSA) is 141 Å². The lowest BCUT2D eigenvalue weighted by Crippen LogP contribution is -2.11. The van der Waals surface area contributed by atoms with Gasteiger partial charge in [0, 0.05) is 31.1 Å². The van der Waals surface area contributed by atoms with Crippen molar-refractivity contribution in [2.24, 2.45) is 0 Å². The number of carbonyl (C=O) groups excluding carboxylic acids is 1. The average Bonchev–Trinajstić information content (AvgIpc) is 3.38. The van der Waals surface area contributed by atoms with Gasteiger partial charge in [-0.2, -0.15) is 4.98 Å². The Balaban J connectivity index is 1.48. The fourth-order valence-corrected chi connectivity index (χ4v) is 4.97. The van der Waals surface area contributed by atoms with Gasteiger partial charge in [0.1, 0.15) is 23.2 Å². The van der Waals surface area contributed by atoms with Gasteiger partial charge in [0.2, 0.25) is 11.8 Å². The molecule has 0 aliphatic heterocycles. The molecular weight excluding hydrogens is 466 g/mol. The number of aryl methyl sites for hydroxylation is 2. The van der Waals surface area contributed by atoms with Gasteiger partial charge in [0.25, 0.3) is 10.0 Å². The summed E-state index contributed by atoms with van der Waals surface area (Å²) in [5, 5.41) is 2.66. The second-order valence-electron chi connectivity index (χ2n) is 6.85. The first kappa shape index (κ1) is 22.4. The van der Waals surface area contributed by atoms with Gasteiger partial charge in [0.05, 0.1) is 6.20 Å². The van der Waals surface area contributed by atoms with Crippen molar-refractivity contribution in [3.63, 3.8) is 0 Å². The lowest BCUT2D eigenvalue weighted by atomic mass is 10.3. The van der Waals surface area contributed by atoms with E-state index in [1.165, 1.54) is 13.1 Å². The van der Waals surface area contributed by atoms with Gasteiger partial charge in [-0.15, -0.1) is 0 Å². The molecular formula is C20H19N7O4S2. The molecule has 0 fully saturated rings. The van der Waals surface area contributed by atoms with E-state index in [0.717, 1.165) is 17.2 Å². The molecule has 4 rings (SSSR count). The van der Waals surface area contributed by atoms with Crippen LogP contribution in [0.5, 0.6) is 11.6 Å². The second kappa shape index (κ2) is 8.96. The number of benzene rings is 1. The van der Waals surface area contributed by atoms with Gasteiger partial charge in [-0.3, -0.25) is 14.1 Å². The zero-order valence-corrected chi connectivity index (χ0v) is 19.4. The maximum atomic E-state index is 12.6. The first-order valence-corrected chi connectivity index (χ1v) is 11.9. The third kappa shape index (κ3) is 5.32. The quantitative estimate of drug-likeness (QED) is 0.406. The van der Waals surface area contributed by atoms with Gasteiger partial charge in [-0.05, 0) is 38.1 Å². The summed E-state index contributed by atoms with van der Waals surface area (Å²) >= 11 is 0.856. The van der Waals surface area contributed by atoms with E-state index >= 15 is 0 Å². The van der Waals surface area contributed by atoms with Crippen LogP contribution in [0.4, 0.5) is 10.8 Å². The molecule has 0 radical (unpaired) electrons. The predicted octanol–water partition coefficient (Wildman–Crippen LogP) is 3.29. The molecule has 0 unspecified atom stereocenters. The average molecular weight is 486 g/mol. The molecule has 4 aromatic rings. The van der Waals surface area contributed by atoms with Crippen molar-refractivity contribution in [3.05, 3.63) is 60.6 Å². The third-order valence-electron chi connectivity index (χ3n) is 4.23. The molecule has 2 N–H and O–H groups in total. The molecule has 0 aliphatic carbocycles. The van der Waals surface area contributed by atoms with Gasteiger partial charge < -0.3 is 10.1 Å². The summed E-state index contributed by atoms with van der Waals surface area (Å²) in [6.45, 7) is 4.95. The minimum absolute atomic E-state index is 0.0228. The molecule has 33 heavy (non-hydrogen) atoms. The zero-order chi connectivity index (χ0) is 23.6. The van der Waals surface area contributed by atoms with Crippen LogP contribution in [-0.4, -0.2) is 38.8 Å². The SMILES string of the molecule is CC(=O)Nc1ncc(S(=O)(=O)Nc2ccc(Oc3cc(-n4ccnc4C)nc(C)n3)cc2)s1. The van der Waals surface area contributed by atoms with Crippen LogP contribution in [0, 0.1) is 13.8 Å². The summed E-state index contributed by atoms with van der Waals surface area (Å²) in [4.78, 5) is 27.9. The number of ether oxygens (including phenoxy) is 1. The molecule has 1 amide bonds. The number of hydrogen-bond acceptors (Lipinski definition) is 9. The highest BCUT2D eigenvalue weighted by molar-refractivity contribution is 7.94. The van der Waals surface area contributed by atoms with E-state index in [4.69, 9.17) is 4.74 Å². The number of sulfonamides is 1. The van der Waals surface area contributed by atoms with Crippen molar-refractivity contribution in [2.75, 3.05) is 10.0 Å². The molecule has 170 valence electrons. The highest BCUT2D eigenvalue weighted by Gasteiger charge is 2.19. The van der Waals surface area contributed by atoms with Crippen LogP contribution in [0.3, 0.4) is 0 Å². The van der Waals surface area contributed by atoms with Crippen molar-refractivity contribution in [1.82, 2.24) is 24.5 Å². The summed E-state index contributed by atoms with van der Waals surface area (Å²) < 4.78 is 35.3. The van der Waals surface area contributed by atoms with Crippen LogP contribution in [0.15, 0.2) is 53.1 Å². The summed E-state index contributed by atoms with van der Waals surface area (Å²) in [6.07, 6.45) is 4.66. The molecule has 1 aromatic carbocycles. The number of anilines is 2. The Morgan fingerprint density at radius 2 is 1.88 bits per heavy atom. The summed E-state index contributed by atoms with van der Waals surface area (Å²) in [7, 11) is -3.86. The monoisotopic (exact) mass is 485 g/mol. The largest absolute Gasteiger partial charge is 0.439 e. The van der Waals surface area contributed by atoms with E-state index in [2.05, 4.69) is 30.0 Å². The van der Waals surface area contributed by atoms with Crippen molar-refractivity contribution < 1.29 is 17.9 Å². The number of nitrogens with zero attached hydrogens (tertiary/aromatic N) is 5. The number of hydrogen-bond donors (Lipinski definition) is 2. The number of carbonyl (C=O) groups is 1. The Hall–Kier alpha value is -3.84. The van der Waals surface area contributed by atoms with E-state index in [1.807, 2.05) is 11.5 Å². The number of rotatable bonds is 7. The number of imidazole rings is 1. The molecule has 11 nitrogen and oxygen atoms in total. The van der Waals surface area contributed by atoms with Gasteiger partial charge >= 0.3 is 0 Å². The molecule has 0 bridgehead atoms. The highest BCUT2D eigenvalue weighted by Crippen LogP contribution is 2.27. The highest BCUT2D eigenvalue weighted by atomic mass is 32.2. The fourth-order valence-electron chi connectivity index (χ4n) is 2.83. The molecule has 0 spiro atoms. The number of amides is 1. The molecule has 13 heteroatoms. The Labute approximate surface area is 193 Å². The van der Waals surface area contributed by atoms with Crippen LogP contribution < -0.4 is 14.8 Å². The Bertz CT molecular complexity index is 1410. The molecule has 0 saturated heterocycles. The lowest BCUT2D eigenvalue weighted by molar-refractivity contribution is -0.114. The van der Waals surface area contributed by atoms with E-state index in [-0.39, 0.29) is 15.2 Å². The van der Waals surface area contributed by atoms with Crippen LogP contribution in [0.1, 0.15) is 18.6 Å². The van der Waals surface area contributed by atoms with Crippen molar-refractivity contribution in [3.8, 4) is 17.4 Å². The number of thiazole rings is 1. The minimum atomic E-state index is -3.86. The molecule has 0 aliphatic rings. The summed E-state index contributed by atoms with van der Waals surface area (Å²) in [5.74, 6) is 2.41. The normalized spacial score (nSPS) is 11.2. The summed E-state index contributed by atoms with van der Waals surface area (Å²) in [5.41, 5.74) is 0.338. The first-order valence-electron chi connectivity index (χ1n) is 9.60. The first-order chi connectivity index (χ1) is 15.7. The van der Waals surface area contributed by atoms with Gasteiger partial charge in [0.15, 0.2) is 9.34 Å². The van der Waals surface area contributed by atoms with E-state index in [0.29, 0.717) is 29.0 Å². The smallest absolute Gasteiger partial charge is 0.273 e. The predicted molar refractivity (Wildman–Crippen MR) is 122 cm³/mol. The Kier molecular flexibility index (Phi) is 6.07. The minimum Gasteiger partial charge on any atom is -0.439 e. The number of aromatic nitrogens is 5. The molecule has 0 atom stereocenters. The standard InChI is InChI=1S/C20H19N7O4S2/c1-12-23-17(27-9-8-21-13(27)2)10-18(24-12)31-16-6-4-15(5-7-16)26-33(29,30)19-11-22-20(32-19)25-14(3)28/h4-11,26H,1-3H3,(H,22,25,28). The second-order valence-corrected chi connectivity index (χ2v) is 9.79. The maximum Gasteiger partial charge on any atom is 0.273 e. The maximum absolute atomic E-state index is 12.6. The van der Waals surface area contributed by atoms with Crippen molar-refractivity contribution >= 4 is 38.1 Å². The van der Waals surface area contributed by atoms with Gasteiger partial charge in [-0.25, -0.2) is 23.4 Å². The summed E-state index contributed by atoms with van der Waals surface area (Å²) in [6, 6.07) is 8.06. The van der Waals surface area contributed by atoms with Crippen molar-refractivity contribution in [2.45, 2.75) is 25.0 Å². The lowest BCUT2D eigenvalue weighted by Gasteiger charge is -2.10. The van der Waals surface area contributed by atoms with Crippen LogP contribution in [0.2, 0.25) is 0 Å². The van der Waals surface area contributed by atoms with Crippen LogP contribution >= 0.6 is 11.3 Å². The molecule has 3 aromatic heterocycles. The zero-order valence-electron chi connectivity index (χ0n) is 17.8. The molecule has 0 saturated carbocycles. The fraction of sp³-hybridized carbons (Fsp3) is 0.150. The Morgan fingerprint density at radius 3 is 2.55 bits per heavy atom. The van der Waals surface area contributed by atoms with Crippen LogP contribution in [-0.2, 0) is 14.8 Å². The Morgan fingerprint density at radius 1 is 1.12 bits per heavy atom.